The van der Waals surface area contributed by atoms with Gasteiger partial charge in [-0.15, -0.1) is 0 Å². The van der Waals surface area contributed by atoms with Crippen molar-refractivity contribution in [3.05, 3.63) is 59.9 Å². The third-order valence-electron chi connectivity index (χ3n) is 2.99. The van der Waals surface area contributed by atoms with Crippen LogP contribution < -0.4 is 10.1 Å². The Morgan fingerprint density at radius 3 is 2.72 bits per heavy atom. The van der Waals surface area contributed by atoms with Gasteiger partial charge in [0.2, 0.25) is 0 Å². The zero-order chi connectivity index (χ0) is 12.8. The molecule has 2 aromatic rings. The molecule has 0 saturated carbocycles. The molecule has 0 aliphatic rings. The van der Waals surface area contributed by atoms with Crippen molar-refractivity contribution in [3.63, 3.8) is 0 Å². The predicted octanol–water partition coefficient (Wildman–Crippen LogP) is 2.44. The van der Waals surface area contributed by atoms with Crippen LogP contribution in [-0.4, -0.2) is 25.7 Å². The van der Waals surface area contributed by atoms with Crippen LogP contribution in [0.25, 0.3) is 0 Å². The molecule has 3 nitrogen and oxygen atoms in total. The largest absolute Gasteiger partial charge is 0.497 e. The average molecular weight is 242 g/mol. The van der Waals surface area contributed by atoms with Crippen molar-refractivity contribution < 1.29 is 4.74 Å². The maximum absolute atomic E-state index is 5.28. The van der Waals surface area contributed by atoms with Gasteiger partial charge in [0.25, 0.3) is 0 Å². The van der Waals surface area contributed by atoms with Gasteiger partial charge >= 0.3 is 0 Å². The van der Waals surface area contributed by atoms with E-state index in [9.17, 15) is 0 Å². The van der Waals surface area contributed by atoms with E-state index in [0.717, 1.165) is 12.3 Å². The summed E-state index contributed by atoms with van der Waals surface area (Å²) in [5.74, 6) is 1.18. The summed E-state index contributed by atoms with van der Waals surface area (Å²) in [7, 11) is 3.65. The van der Waals surface area contributed by atoms with Crippen molar-refractivity contribution in [2.75, 3.05) is 20.7 Å². The summed E-state index contributed by atoms with van der Waals surface area (Å²) in [6.07, 6.45) is 3.72. The molecule has 1 aromatic heterocycles. The Morgan fingerprint density at radius 1 is 1.22 bits per heavy atom. The highest BCUT2D eigenvalue weighted by Crippen LogP contribution is 2.26. The molecule has 1 unspecified atom stereocenters. The van der Waals surface area contributed by atoms with Gasteiger partial charge in [0.1, 0.15) is 5.75 Å². The van der Waals surface area contributed by atoms with E-state index in [1.54, 1.807) is 13.3 Å². The van der Waals surface area contributed by atoms with E-state index in [4.69, 9.17) is 4.74 Å². The van der Waals surface area contributed by atoms with Gasteiger partial charge in [-0.2, -0.15) is 0 Å². The van der Waals surface area contributed by atoms with E-state index in [-0.39, 0.29) is 0 Å². The van der Waals surface area contributed by atoms with Crippen molar-refractivity contribution in [2.24, 2.45) is 0 Å². The molecule has 1 aromatic carbocycles. The van der Waals surface area contributed by atoms with Crippen LogP contribution in [0.5, 0.6) is 5.75 Å². The lowest BCUT2D eigenvalue weighted by Crippen LogP contribution is -2.18. The number of nitrogens with zero attached hydrogens (tertiary/aromatic N) is 1. The van der Waals surface area contributed by atoms with Gasteiger partial charge in [-0.3, -0.25) is 4.98 Å². The summed E-state index contributed by atoms with van der Waals surface area (Å²) < 4.78 is 5.28. The van der Waals surface area contributed by atoms with Crippen LogP contribution in [0, 0.1) is 0 Å². The van der Waals surface area contributed by atoms with E-state index >= 15 is 0 Å². The molecule has 1 heterocycles. The first-order chi connectivity index (χ1) is 8.85. The van der Waals surface area contributed by atoms with Crippen LogP contribution in [0.2, 0.25) is 0 Å². The minimum absolute atomic E-state index is 0.291. The number of hydrogen-bond donors (Lipinski definition) is 1. The minimum atomic E-state index is 0.291. The molecule has 18 heavy (non-hydrogen) atoms. The van der Waals surface area contributed by atoms with E-state index in [0.29, 0.717) is 5.92 Å². The quantitative estimate of drug-likeness (QED) is 0.874. The van der Waals surface area contributed by atoms with Crippen LogP contribution in [-0.2, 0) is 0 Å². The topological polar surface area (TPSA) is 34.2 Å². The maximum atomic E-state index is 5.28. The number of ether oxygens (including phenoxy) is 1. The number of likely N-dealkylation sites (N-methyl/N-ethyl adjacent to an activating group) is 1. The Labute approximate surface area is 108 Å². The standard InChI is InChI=1S/C15H18N2O/c1-16-11-15(13-6-4-8-17-10-13)12-5-3-7-14(9-12)18-2/h3-10,15-16H,11H2,1-2H3. The fraction of sp³-hybridized carbons (Fsp3) is 0.267. The SMILES string of the molecule is CNCC(c1cccnc1)c1cccc(OC)c1. The van der Waals surface area contributed by atoms with Gasteiger partial charge in [-0.1, -0.05) is 18.2 Å². The normalized spacial score (nSPS) is 12.1. The molecule has 0 bridgehead atoms. The Hall–Kier alpha value is -1.87. The molecule has 2 rings (SSSR count). The van der Waals surface area contributed by atoms with Crippen LogP contribution in [0.15, 0.2) is 48.8 Å². The van der Waals surface area contributed by atoms with Crippen LogP contribution in [0.1, 0.15) is 17.0 Å². The molecule has 1 atom stereocenters. The lowest BCUT2D eigenvalue weighted by molar-refractivity contribution is 0.414. The zero-order valence-corrected chi connectivity index (χ0v) is 10.8. The Morgan fingerprint density at radius 2 is 2.06 bits per heavy atom. The first kappa shape index (κ1) is 12.6. The van der Waals surface area contributed by atoms with Gasteiger partial charge < -0.3 is 10.1 Å². The highest BCUT2D eigenvalue weighted by atomic mass is 16.5. The number of nitrogens with one attached hydrogen (secondary N) is 1. The van der Waals surface area contributed by atoms with Crippen LogP contribution in [0.3, 0.4) is 0 Å². The fourth-order valence-electron chi connectivity index (χ4n) is 2.07. The molecule has 3 heteroatoms. The number of benzene rings is 1. The maximum Gasteiger partial charge on any atom is 0.119 e. The lowest BCUT2D eigenvalue weighted by atomic mass is 9.92. The van der Waals surface area contributed by atoms with Gasteiger partial charge in [0.15, 0.2) is 0 Å². The third kappa shape index (κ3) is 2.87. The molecular formula is C15H18N2O. The smallest absolute Gasteiger partial charge is 0.119 e. The molecule has 0 amide bonds. The molecule has 94 valence electrons. The average Bonchev–Trinajstić information content (AvgIpc) is 2.46. The van der Waals surface area contributed by atoms with Crippen molar-refractivity contribution in [1.29, 1.82) is 0 Å². The first-order valence-electron chi connectivity index (χ1n) is 6.03. The van der Waals surface area contributed by atoms with Gasteiger partial charge in [0.05, 0.1) is 7.11 Å². The summed E-state index contributed by atoms with van der Waals surface area (Å²) in [4.78, 5) is 4.20. The second-order valence-electron chi connectivity index (χ2n) is 4.17. The predicted molar refractivity (Wildman–Crippen MR) is 73.0 cm³/mol. The molecule has 0 saturated heterocycles. The fourth-order valence-corrected chi connectivity index (χ4v) is 2.07. The van der Waals surface area contributed by atoms with Crippen molar-refractivity contribution in [1.82, 2.24) is 10.3 Å². The summed E-state index contributed by atoms with van der Waals surface area (Å²) in [6, 6.07) is 12.3. The molecule has 0 spiro atoms. The molecule has 0 aliphatic carbocycles. The number of methoxy groups -OCH3 is 1. The van der Waals surface area contributed by atoms with Gasteiger partial charge in [-0.05, 0) is 36.4 Å². The van der Waals surface area contributed by atoms with Gasteiger partial charge in [0, 0.05) is 24.9 Å². The lowest BCUT2D eigenvalue weighted by Gasteiger charge is -2.17. The molecule has 0 aliphatic heterocycles. The monoisotopic (exact) mass is 242 g/mol. The Balaban J connectivity index is 2.35. The Kier molecular flexibility index (Phi) is 4.31. The highest BCUT2D eigenvalue weighted by molar-refractivity contribution is 5.36. The molecule has 1 N–H and O–H groups in total. The number of aromatic nitrogens is 1. The van der Waals surface area contributed by atoms with Crippen LogP contribution in [0.4, 0.5) is 0 Å². The van der Waals surface area contributed by atoms with E-state index in [1.165, 1.54) is 11.1 Å². The number of hydrogen-bond acceptors (Lipinski definition) is 3. The summed E-state index contributed by atoms with van der Waals surface area (Å²) in [5.41, 5.74) is 2.44. The molecule has 0 fully saturated rings. The molecular weight excluding hydrogens is 224 g/mol. The van der Waals surface area contributed by atoms with E-state index in [2.05, 4.69) is 28.5 Å². The molecule has 0 radical (unpaired) electrons. The summed E-state index contributed by atoms with van der Waals surface area (Å²) in [5, 5.41) is 3.23. The van der Waals surface area contributed by atoms with Crippen molar-refractivity contribution in [2.45, 2.75) is 5.92 Å². The van der Waals surface area contributed by atoms with Gasteiger partial charge in [-0.25, -0.2) is 0 Å². The zero-order valence-electron chi connectivity index (χ0n) is 10.8. The second-order valence-corrected chi connectivity index (χ2v) is 4.17. The summed E-state index contributed by atoms with van der Waals surface area (Å²) >= 11 is 0. The second kappa shape index (κ2) is 6.17. The minimum Gasteiger partial charge on any atom is -0.497 e. The van der Waals surface area contributed by atoms with Crippen molar-refractivity contribution >= 4 is 0 Å². The number of rotatable bonds is 5. The van der Waals surface area contributed by atoms with E-state index in [1.807, 2.05) is 31.4 Å². The third-order valence-corrected chi connectivity index (χ3v) is 2.99. The number of pyridine rings is 1. The van der Waals surface area contributed by atoms with Crippen LogP contribution >= 0.6 is 0 Å². The summed E-state index contributed by atoms with van der Waals surface area (Å²) in [6.45, 7) is 0.874. The first-order valence-corrected chi connectivity index (χ1v) is 6.03. The van der Waals surface area contributed by atoms with Crippen molar-refractivity contribution in [3.8, 4) is 5.75 Å². The van der Waals surface area contributed by atoms with E-state index < -0.39 is 0 Å². The highest BCUT2D eigenvalue weighted by Gasteiger charge is 2.13. The Bertz CT molecular complexity index is 485.